The zero-order valence-electron chi connectivity index (χ0n) is 51.1. The normalized spacial score (nSPS) is 21.1. The first kappa shape index (κ1) is 61.7. The predicted octanol–water partition coefficient (Wildman–Crippen LogP) is 10.2. The van der Waals surface area contributed by atoms with Crippen LogP contribution in [0.4, 0.5) is 24.2 Å². The predicted molar refractivity (Wildman–Crippen MR) is 328 cm³/mol. The molecule has 5 saturated heterocycles. The molecule has 3 unspecified atom stereocenters. The number of benzene rings is 3. The molecule has 0 radical (unpaired) electrons. The van der Waals surface area contributed by atoms with Crippen molar-refractivity contribution < 1.29 is 51.6 Å². The molecule has 6 aromatic rings. The molecule has 4 amide bonds. The number of ether oxygens (including phenoxy) is 5. The molecule has 11 rings (SSSR count). The fraction of sp³-hybridized carbons (Fsp3) is 0.545. The van der Waals surface area contributed by atoms with Crippen molar-refractivity contribution in [2.45, 2.75) is 172 Å². The van der Waals surface area contributed by atoms with E-state index in [1.54, 1.807) is 29.8 Å². The third-order valence-corrected chi connectivity index (χ3v) is 18.3. The summed E-state index contributed by atoms with van der Waals surface area (Å²) in [5.74, 6) is 1.01. The van der Waals surface area contributed by atoms with Gasteiger partial charge in [0.2, 0.25) is 11.8 Å². The maximum absolute atomic E-state index is 17.7. The molecule has 3 aromatic carbocycles. The van der Waals surface area contributed by atoms with E-state index < -0.39 is 40.8 Å². The number of imide groups is 1. The van der Waals surface area contributed by atoms with Gasteiger partial charge in [-0.25, -0.2) is 23.2 Å². The van der Waals surface area contributed by atoms with Gasteiger partial charge in [-0.05, 0) is 127 Å². The van der Waals surface area contributed by atoms with Gasteiger partial charge >= 0.3 is 23.9 Å². The molecule has 5 fully saturated rings. The zero-order chi connectivity index (χ0) is 61.9. The van der Waals surface area contributed by atoms with Gasteiger partial charge in [0.15, 0.2) is 12.6 Å². The third-order valence-electron chi connectivity index (χ3n) is 18.3. The Bertz CT molecular complexity index is 3710. The highest BCUT2D eigenvalue weighted by atomic mass is 19.1. The summed E-state index contributed by atoms with van der Waals surface area (Å²) < 4.78 is 65.6. The van der Waals surface area contributed by atoms with Crippen LogP contribution in [0.3, 0.4) is 0 Å². The molecule has 0 saturated carbocycles. The number of piperazine rings is 1. The van der Waals surface area contributed by atoms with E-state index in [1.165, 1.54) is 23.9 Å². The van der Waals surface area contributed by atoms with Crippen LogP contribution in [0.15, 0.2) is 53.5 Å². The molecule has 468 valence electrons. The Morgan fingerprint density at radius 2 is 1.66 bits per heavy atom. The number of hydrogen-bond acceptors (Lipinski definition) is 15. The van der Waals surface area contributed by atoms with E-state index in [2.05, 4.69) is 32.5 Å². The van der Waals surface area contributed by atoms with Gasteiger partial charge in [0.05, 0.1) is 39.6 Å². The molecule has 0 aliphatic carbocycles. The Labute approximate surface area is 510 Å². The van der Waals surface area contributed by atoms with Crippen LogP contribution in [0.5, 0.6) is 11.8 Å². The molecular formula is C66H80F2N10O10. The lowest BCUT2D eigenvalue weighted by Gasteiger charge is -2.42. The van der Waals surface area contributed by atoms with Crippen LogP contribution in [-0.2, 0) is 37.3 Å². The monoisotopic (exact) mass is 1210 g/mol. The van der Waals surface area contributed by atoms with E-state index in [-0.39, 0.29) is 96.0 Å². The molecule has 22 heteroatoms. The molecule has 5 atom stereocenters. The molecule has 20 nitrogen and oxygen atoms in total. The average molecular weight is 1210 g/mol. The molecule has 88 heavy (non-hydrogen) atoms. The number of terminal acetylenes is 1. The highest BCUT2D eigenvalue weighted by molar-refractivity contribution is 6.03. The molecule has 2 N–H and O–H groups in total. The number of hydrogen-bond donors (Lipinski definition) is 2. The van der Waals surface area contributed by atoms with Gasteiger partial charge in [-0.15, -0.1) is 6.42 Å². The smallest absolute Gasteiger partial charge is 0.410 e. The number of para-hydroxylation sites is 1. The van der Waals surface area contributed by atoms with Crippen LogP contribution >= 0.6 is 0 Å². The lowest BCUT2D eigenvalue weighted by Crippen LogP contribution is -2.57. The summed E-state index contributed by atoms with van der Waals surface area (Å²) in [6.45, 7) is 8.01. The second-order valence-electron chi connectivity index (χ2n) is 25.3. The maximum atomic E-state index is 17.7. The largest absolute Gasteiger partial charge is 0.468 e. The van der Waals surface area contributed by atoms with Crippen LogP contribution in [0.25, 0.3) is 44.0 Å². The number of unbranched alkanes of at least 4 members (excludes halogenated alkanes) is 8. The first-order chi connectivity index (χ1) is 42.4. The van der Waals surface area contributed by atoms with Crippen molar-refractivity contribution >= 4 is 62.5 Å². The number of amides is 4. The second-order valence-corrected chi connectivity index (χ2v) is 25.3. The number of anilines is 1. The molecule has 5 aliphatic rings. The minimum atomic E-state index is -0.793. The van der Waals surface area contributed by atoms with Gasteiger partial charge in [0, 0.05) is 63.4 Å². The van der Waals surface area contributed by atoms with Crippen molar-refractivity contribution in [3.8, 4) is 35.4 Å². The number of nitrogens with zero attached hydrogens (tertiary/aromatic N) is 8. The zero-order valence-corrected chi connectivity index (χ0v) is 51.1. The van der Waals surface area contributed by atoms with Crippen molar-refractivity contribution in [3.63, 3.8) is 0 Å². The summed E-state index contributed by atoms with van der Waals surface area (Å²) in [5.41, 5.74) is 1.29. The summed E-state index contributed by atoms with van der Waals surface area (Å²) in [4.78, 5) is 85.0. The van der Waals surface area contributed by atoms with Crippen LogP contribution in [-0.4, -0.2) is 140 Å². The molecule has 5 aliphatic heterocycles. The SMILES string of the molecule is C#Cc1c(F)ccc2cc(OCOC)cc(-c3ncc4c(N5CC6CCC(C5)N6C(=O)OC(C)(C)C)nc(OC[C@@]56CCCN5[C@H](COC(=O)NCCCCCCCCCCCc5cccc7c5n(C)c(=O)n7C5CCC(=O)NC5=O)CC6)nc4c3F)c12. The lowest BCUT2D eigenvalue weighted by atomic mass is 9.95. The molecule has 8 heterocycles. The van der Waals surface area contributed by atoms with Gasteiger partial charge in [-0.1, -0.05) is 69.1 Å². The fourth-order valence-corrected chi connectivity index (χ4v) is 14.2. The van der Waals surface area contributed by atoms with Crippen LogP contribution in [0.2, 0.25) is 0 Å². The number of carbonyl (C=O) groups is 4. The fourth-order valence-electron chi connectivity index (χ4n) is 14.2. The van der Waals surface area contributed by atoms with E-state index >= 15 is 8.78 Å². The summed E-state index contributed by atoms with van der Waals surface area (Å²) in [6.07, 6.45) is 22.3. The minimum absolute atomic E-state index is 0.0202. The Morgan fingerprint density at radius 1 is 0.909 bits per heavy atom. The molecule has 3 aromatic heterocycles. The number of piperidine rings is 1. The van der Waals surface area contributed by atoms with Gasteiger partial charge in [0.25, 0.3) is 0 Å². The Hall–Kier alpha value is -7.90. The van der Waals surface area contributed by atoms with Crippen molar-refractivity contribution in [2.24, 2.45) is 7.05 Å². The minimum Gasteiger partial charge on any atom is -0.468 e. The van der Waals surface area contributed by atoms with Gasteiger partial charge in [-0.2, -0.15) is 9.97 Å². The first-order valence-corrected chi connectivity index (χ1v) is 31.3. The third kappa shape index (κ3) is 12.8. The van der Waals surface area contributed by atoms with E-state index in [9.17, 15) is 24.0 Å². The number of aromatic nitrogens is 5. The number of carbonyl (C=O) groups excluding carboxylic acids is 4. The number of pyridine rings is 1. The van der Waals surface area contributed by atoms with E-state index in [0.29, 0.717) is 48.4 Å². The van der Waals surface area contributed by atoms with Crippen molar-refractivity contribution in [1.82, 2.24) is 44.5 Å². The van der Waals surface area contributed by atoms with Crippen LogP contribution in [0, 0.1) is 24.0 Å². The molecular weight excluding hydrogens is 1130 g/mol. The van der Waals surface area contributed by atoms with E-state index in [1.807, 2.05) is 42.7 Å². The highest BCUT2D eigenvalue weighted by Crippen LogP contribution is 2.45. The van der Waals surface area contributed by atoms with Crippen molar-refractivity contribution in [1.29, 1.82) is 0 Å². The van der Waals surface area contributed by atoms with Gasteiger partial charge in [-0.3, -0.25) is 38.8 Å². The maximum Gasteiger partial charge on any atom is 0.410 e. The summed E-state index contributed by atoms with van der Waals surface area (Å²) in [7, 11) is 3.22. The lowest BCUT2D eigenvalue weighted by molar-refractivity contribution is -0.135. The molecule has 2 bridgehead atoms. The number of rotatable bonds is 23. The van der Waals surface area contributed by atoms with E-state index in [0.717, 1.165) is 126 Å². The second kappa shape index (κ2) is 26.4. The summed E-state index contributed by atoms with van der Waals surface area (Å²) in [6, 6.07) is 10.8. The van der Waals surface area contributed by atoms with Crippen LogP contribution in [0.1, 0.15) is 147 Å². The standard InChI is InChI=1S/C66H80F2N10O10/c1-7-47-50(67)25-22-42-33-46(87-40-84-6)34-48(54(42)47)56-55(68)57-49(35-70-56)59(75-36-43-23-24-44(37-75)77(43)64(83)88-65(2,3)4)73-61(72-57)86-39-66-29-18-32-76(66)45(28-30-66)38-85-62(81)69-31-16-14-12-10-8-9-11-13-15-19-41-20-17-21-51-58(41)74(5)63(82)78(51)52-26-27-53(79)71-60(52)80/h1,17,20-22,25,33-35,43-45,52H,8-16,18-19,23-24,26-32,36-40H2,2-6H3,(H,69,81)(H,71,79,80)/t43?,44?,45-,52?,66-/m0/s1. The number of imidazole rings is 1. The number of halogens is 2. The number of fused-ring (bicyclic) bond motifs is 6. The average Bonchev–Trinajstić information content (AvgIpc) is 1.40. The van der Waals surface area contributed by atoms with Crippen LogP contribution < -0.4 is 30.7 Å². The van der Waals surface area contributed by atoms with Crippen molar-refractivity contribution in [2.75, 3.05) is 58.2 Å². The first-order valence-electron chi connectivity index (χ1n) is 31.3. The summed E-state index contributed by atoms with van der Waals surface area (Å²) in [5, 5.41) is 6.45. The summed E-state index contributed by atoms with van der Waals surface area (Å²) >= 11 is 0. The Morgan fingerprint density at radius 3 is 2.39 bits per heavy atom. The quantitative estimate of drug-likeness (QED) is 0.0264. The Balaban J connectivity index is 0.680. The number of methoxy groups -OCH3 is 1. The van der Waals surface area contributed by atoms with Gasteiger partial charge in [0.1, 0.15) is 53.5 Å². The van der Waals surface area contributed by atoms with Crippen molar-refractivity contribution in [3.05, 3.63) is 81.9 Å². The number of alkyl carbamates (subject to hydrolysis) is 1. The Kier molecular flexibility index (Phi) is 18.5. The number of aryl methyl sites for hydroxylation is 2. The molecule has 0 spiro atoms. The highest BCUT2D eigenvalue weighted by Gasteiger charge is 2.51. The van der Waals surface area contributed by atoms with Gasteiger partial charge < -0.3 is 33.9 Å². The topological polar surface area (TPSA) is 214 Å². The number of nitrogens with one attached hydrogen (secondary N) is 2. The van der Waals surface area contributed by atoms with E-state index in [4.69, 9.17) is 40.1 Å².